The lowest BCUT2D eigenvalue weighted by atomic mass is 10.2. The van der Waals surface area contributed by atoms with Gasteiger partial charge in [-0.05, 0) is 42.5 Å². The molecule has 0 bridgehead atoms. The van der Waals surface area contributed by atoms with E-state index in [0.717, 1.165) is 37.4 Å². The second-order valence-electron chi connectivity index (χ2n) is 5.98. The minimum Gasteiger partial charge on any atom is -0.495 e. The normalized spacial score (nSPS) is 16.7. The maximum Gasteiger partial charge on any atom is 0.315 e. The van der Waals surface area contributed by atoms with Crippen molar-refractivity contribution in [2.45, 2.75) is 18.9 Å². The molecule has 1 aromatic carbocycles. The van der Waals surface area contributed by atoms with Gasteiger partial charge in [-0.15, -0.1) is 11.3 Å². The van der Waals surface area contributed by atoms with Crippen LogP contribution in [0.4, 0.5) is 10.5 Å². The van der Waals surface area contributed by atoms with Crippen molar-refractivity contribution in [2.75, 3.05) is 31.6 Å². The monoisotopic (exact) mass is 379 g/mol. The molecule has 1 saturated heterocycles. The molecular weight excluding hydrogens is 358 g/mol. The first-order valence-electron chi connectivity index (χ1n) is 8.31. The summed E-state index contributed by atoms with van der Waals surface area (Å²) >= 11 is 7.82. The molecule has 25 heavy (non-hydrogen) atoms. The first-order valence-corrected chi connectivity index (χ1v) is 9.56. The van der Waals surface area contributed by atoms with E-state index in [9.17, 15) is 4.79 Å². The Morgan fingerprint density at radius 3 is 3.08 bits per heavy atom. The van der Waals surface area contributed by atoms with Crippen LogP contribution in [0.5, 0.6) is 5.75 Å². The Labute approximate surface area is 156 Å². The molecule has 2 amide bonds. The summed E-state index contributed by atoms with van der Waals surface area (Å²) in [6.45, 7) is 2.25. The molecule has 1 aromatic heterocycles. The first-order chi connectivity index (χ1) is 12.2. The van der Waals surface area contributed by atoms with Gasteiger partial charge in [0, 0.05) is 35.6 Å². The summed E-state index contributed by atoms with van der Waals surface area (Å²) in [5, 5.41) is 8.70. The number of amides is 2. The van der Waals surface area contributed by atoms with Gasteiger partial charge in [0.05, 0.1) is 12.8 Å². The predicted molar refractivity (Wildman–Crippen MR) is 103 cm³/mol. The molecule has 0 spiro atoms. The third-order valence-corrected chi connectivity index (χ3v) is 5.41. The van der Waals surface area contributed by atoms with Gasteiger partial charge in [-0.25, -0.2) is 4.79 Å². The summed E-state index contributed by atoms with van der Waals surface area (Å²) in [5.41, 5.74) is 0.970. The maximum atomic E-state index is 12.1. The Bertz CT molecular complexity index is 708. The topological polar surface area (TPSA) is 53.6 Å². The zero-order chi connectivity index (χ0) is 17.6. The molecule has 1 unspecified atom stereocenters. The van der Waals surface area contributed by atoms with E-state index in [1.807, 2.05) is 29.6 Å². The molecular formula is C18H22ClN3O2S. The van der Waals surface area contributed by atoms with E-state index in [1.165, 1.54) is 4.88 Å². The molecule has 2 N–H and O–H groups in total. The number of methoxy groups -OCH3 is 1. The molecule has 3 rings (SSSR count). The van der Waals surface area contributed by atoms with Crippen LogP contribution in [0.1, 0.15) is 11.3 Å². The number of urea groups is 1. The molecule has 0 radical (unpaired) electrons. The number of hydrogen-bond acceptors (Lipinski definition) is 4. The second-order valence-corrected chi connectivity index (χ2v) is 7.45. The van der Waals surface area contributed by atoms with Gasteiger partial charge in [0.15, 0.2) is 0 Å². The van der Waals surface area contributed by atoms with Gasteiger partial charge in [-0.3, -0.25) is 0 Å². The molecule has 2 aromatic rings. The standard InChI is InChI=1S/C18H22ClN3O2S/c1-24-17-5-4-13(19)11-16(17)22-9-7-14(12-22)21-18(23)20-8-6-15-3-2-10-25-15/h2-5,10-11,14H,6-9,12H2,1H3,(H2,20,21,23). The number of anilines is 1. The molecule has 0 aliphatic carbocycles. The van der Waals surface area contributed by atoms with Gasteiger partial charge in [-0.1, -0.05) is 17.7 Å². The number of carbonyl (C=O) groups is 1. The molecule has 2 heterocycles. The van der Waals surface area contributed by atoms with Gasteiger partial charge >= 0.3 is 6.03 Å². The fraction of sp³-hybridized carbons (Fsp3) is 0.389. The molecule has 1 aliphatic rings. The summed E-state index contributed by atoms with van der Waals surface area (Å²) in [4.78, 5) is 15.5. The Kier molecular flexibility index (Phi) is 6.04. The third kappa shape index (κ3) is 4.80. The van der Waals surface area contributed by atoms with Gasteiger partial charge in [0.1, 0.15) is 5.75 Å². The fourth-order valence-electron chi connectivity index (χ4n) is 3.00. The maximum absolute atomic E-state index is 12.1. The fourth-order valence-corrected chi connectivity index (χ4v) is 3.87. The van der Waals surface area contributed by atoms with E-state index >= 15 is 0 Å². The summed E-state index contributed by atoms with van der Waals surface area (Å²) in [7, 11) is 1.65. The lowest BCUT2D eigenvalue weighted by molar-refractivity contribution is 0.238. The Balaban J connectivity index is 1.48. The smallest absolute Gasteiger partial charge is 0.315 e. The van der Waals surface area contributed by atoms with E-state index in [1.54, 1.807) is 18.4 Å². The van der Waals surface area contributed by atoms with E-state index in [0.29, 0.717) is 11.6 Å². The summed E-state index contributed by atoms with van der Waals surface area (Å²) in [6, 6.07) is 9.71. The highest BCUT2D eigenvalue weighted by atomic mass is 35.5. The SMILES string of the molecule is COc1ccc(Cl)cc1N1CCC(NC(=O)NCCc2cccs2)C1. The lowest BCUT2D eigenvalue weighted by Crippen LogP contribution is -2.43. The van der Waals surface area contributed by atoms with Crippen LogP contribution in [0.3, 0.4) is 0 Å². The molecule has 134 valence electrons. The van der Waals surface area contributed by atoms with Crippen molar-refractivity contribution in [3.05, 3.63) is 45.6 Å². The molecule has 1 fully saturated rings. The largest absolute Gasteiger partial charge is 0.495 e. The van der Waals surface area contributed by atoms with Crippen molar-refractivity contribution >= 4 is 34.7 Å². The lowest BCUT2D eigenvalue weighted by Gasteiger charge is -2.21. The first kappa shape index (κ1) is 17.9. The van der Waals surface area contributed by atoms with Crippen molar-refractivity contribution in [2.24, 2.45) is 0 Å². The van der Waals surface area contributed by atoms with Crippen LogP contribution >= 0.6 is 22.9 Å². The molecule has 5 nitrogen and oxygen atoms in total. The summed E-state index contributed by atoms with van der Waals surface area (Å²) in [6.07, 6.45) is 1.76. The van der Waals surface area contributed by atoms with E-state index in [4.69, 9.17) is 16.3 Å². The number of ether oxygens (including phenoxy) is 1. The van der Waals surface area contributed by atoms with Crippen molar-refractivity contribution in [1.82, 2.24) is 10.6 Å². The van der Waals surface area contributed by atoms with Crippen LogP contribution in [-0.4, -0.2) is 38.8 Å². The number of thiophene rings is 1. The highest BCUT2D eigenvalue weighted by Crippen LogP contribution is 2.33. The molecule has 7 heteroatoms. The summed E-state index contributed by atoms with van der Waals surface area (Å²) in [5.74, 6) is 0.797. The van der Waals surface area contributed by atoms with Gasteiger partial charge in [0.2, 0.25) is 0 Å². The zero-order valence-electron chi connectivity index (χ0n) is 14.1. The van der Waals surface area contributed by atoms with Crippen molar-refractivity contribution < 1.29 is 9.53 Å². The Hall–Kier alpha value is -1.92. The highest BCUT2D eigenvalue weighted by molar-refractivity contribution is 7.09. The highest BCUT2D eigenvalue weighted by Gasteiger charge is 2.26. The zero-order valence-corrected chi connectivity index (χ0v) is 15.7. The van der Waals surface area contributed by atoms with Crippen molar-refractivity contribution in [1.29, 1.82) is 0 Å². The number of benzene rings is 1. The predicted octanol–water partition coefficient (Wildman–Crippen LogP) is 3.53. The van der Waals surface area contributed by atoms with Crippen molar-refractivity contribution in [3.63, 3.8) is 0 Å². The van der Waals surface area contributed by atoms with Gasteiger partial charge in [0.25, 0.3) is 0 Å². The average molecular weight is 380 g/mol. The number of rotatable bonds is 6. The van der Waals surface area contributed by atoms with Gasteiger partial charge < -0.3 is 20.3 Å². The van der Waals surface area contributed by atoms with Crippen LogP contribution < -0.4 is 20.3 Å². The van der Waals surface area contributed by atoms with Crippen LogP contribution in [-0.2, 0) is 6.42 Å². The number of carbonyl (C=O) groups excluding carboxylic acids is 1. The van der Waals surface area contributed by atoms with E-state index in [-0.39, 0.29) is 12.1 Å². The van der Waals surface area contributed by atoms with Crippen LogP contribution in [0.15, 0.2) is 35.7 Å². The van der Waals surface area contributed by atoms with E-state index < -0.39 is 0 Å². The Morgan fingerprint density at radius 1 is 1.44 bits per heavy atom. The summed E-state index contributed by atoms with van der Waals surface area (Å²) < 4.78 is 5.42. The minimum atomic E-state index is -0.110. The minimum absolute atomic E-state index is 0.110. The number of nitrogens with zero attached hydrogens (tertiary/aromatic N) is 1. The van der Waals surface area contributed by atoms with E-state index in [2.05, 4.69) is 21.6 Å². The quantitative estimate of drug-likeness (QED) is 0.807. The van der Waals surface area contributed by atoms with Crippen molar-refractivity contribution in [3.8, 4) is 5.75 Å². The van der Waals surface area contributed by atoms with Crippen LogP contribution in [0.2, 0.25) is 5.02 Å². The molecule has 0 saturated carbocycles. The van der Waals surface area contributed by atoms with Gasteiger partial charge in [-0.2, -0.15) is 0 Å². The number of hydrogen-bond donors (Lipinski definition) is 2. The molecule has 1 aliphatic heterocycles. The number of halogens is 1. The number of nitrogens with one attached hydrogen (secondary N) is 2. The molecule has 1 atom stereocenters. The van der Waals surface area contributed by atoms with Crippen LogP contribution in [0, 0.1) is 0 Å². The van der Waals surface area contributed by atoms with Crippen LogP contribution in [0.25, 0.3) is 0 Å². The average Bonchev–Trinajstić information content (AvgIpc) is 3.27. The Morgan fingerprint density at radius 2 is 2.32 bits per heavy atom. The second kappa shape index (κ2) is 8.45. The third-order valence-electron chi connectivity index (χ3n) is 4.24.